The summed E-state index contributed by atoms with van der Waals surface area (Å²) in [6.07, 6.45) is 0. The summed E-state index contributed by atoms with van der Waals surface area (Å²) in [4.78, 5) is 0. The van der Waals surface area contributed by atoms with Gasteiger partial charge in [0.1, 0.15) is 0 Å². The Hall–Kier alpha value is -1.09. The Bertz CT molecular complexity index is 411. The average Bonchev–Trinajstić information content (AvgIpc) is 2.14. The second-order valence-corrected chi connectivity index (χ2v) is 4.50. The molecule has 0 aliphatic carbocycles. The Morgan fingerprint density at radius 2 is 1.75 bits per heavy atom. The van der Waals surface area contributed by atoms with Crippen LogP contribution < -0.4 is 5.73 Å². The Morgan fingerprint density at radius 1 is 1.31 bits per heavy atom. The summed E-state index contributed by atoms with van der Waals surface area (Å²) in [5.41, 5.74) is 6.39. The molecule has 0 unspecified atom stereocenters. The number of hydrogen-bond donors (Lipinski definition) is 4. The van der Waals surface area contributed by atoms with Gasteiger partial charge in [-0.3, -0.25) is 14.5 Å². The molecule has 0 amide bonds. The van der Waals surface area contributed by atoms with Gasteiger partial charge in [-0.2, -0.15) is 8.42 Å². The van der Waals surface area contributed by atoms with Gasteiger partial charge in [-0.05, 0) is 5.56 Å². The van der Waals surface area contributed by atoms with Gasteiger partial charge >= 0.3 is 10.4 Å². The van der Waals surface area contributed by atoms with Crippen molar-refractivity contribution in [1.29, 1.82) is 5.41 Å². The molecule has 0 spiro atoms. The molecule has 0 bridgehead atoms. The molecule has 0 saturated heterocycles. The quantitative estimate of drug-likeness (QED) is 0.361. The van der Waals surface area contributed by atoms with Crippen molar-refractivity contribution in [2.75, 3.05) is 0 Å². The number of thioether (sulfide) groups is 1. The summed E-state index contributed by atoms with van der Waals surface area (Å²) in [5, 5.41) is 7.16. The number of hydrogen-bond acceptors (Lipinski definition) is 4. The van der Waals surface area contributed by atoms with Crippen molar-refractivity contribution in [2.45, 2.75) is 5.75 Å². The molecule has 0 aliphatic rings. The largest absolute Gasteiger partial charge is 0.394 e. The number of benzene rings is 1. The Balaban J connectivity index is 0.000000385. The molecule has 0 fully saturated rings. The third-order valence-corrected chi connectivity index (χ3v) is 2.03. The summed E-state index contributed by atoms with van der Waals surface area (Å²) in [6, 6.07) is 9.99. The van der Waals surface area contributed by atoms with Gasteiger partial charge in [0.2, 0.25) is 0 Å². The van der Waals surface area contributed by atoms with Crippen LogP contribution in [0.4, 0.5) is 0 Å². The number of nitrogens with one attached hydrogen (secondary N) is 1. The molecule has 90 valence electrons. The highest BCUT2D eigenvalue weighted by Gasteiger charge is 1.92. The van der Waals surface area contributed by atoms with E-state index in [0.29, 0.717) is 0 Å². The average molecular weight is 264 g/mol. The van der Waals surface area contributed by atoms with Gasteiger partial charge in [-0.1, -0.05) is 42.1 Å². The lowest BCUT2D eigenvalue weighted by Gasteiger charge is -1.97. The van der Waals surface area contributed by atoms with Crippen LogP contribution in [0.5, 0.6) is 0 Å². The van der Waals surface area contributed by atoms with Gasteiger partial charge < -0.3 is 5.73 Å². The lowest BCUT2D eigenvalue weighted by Crippen LogP contribution is -2.03. The van der Waals surface area contributed by atoms with Crippen LogP contribution >= 0.6 is 11.8 Å². The topological polar surface area (TPSA) is 124 Å². The highest BCUT2D eigenvalue weighted by Crippen LogP contribution is 2.09. The van der Waals surface area contributed by atoms with Crippen molar-refractivity contribution in [1.82, 2.24) is 0 Å². The molecule has 0 aromatic heterocycles. The van der Waals surface area contributed by atoms with Crippen LogP contribution in [-0.4, -0.2) is 22.7 Å². The molecule has 0 atom stereocenters. The maximum Gasteiger partial charge on any atom is 0.394 e. The molecular formula is C8H12N2O4S2. The van der Waals surface area contributed by atoms with E-state index in [1.165, 1.54) is 17.3 Å². The SMILES string of the molecule is N=C(N)SCc1ccccc1.O=S(=O)(O)O. The predicted octanol–water partition coefficient (Wildman–Crippen LogP) is 1.16. The second kappa shape index (κ2) is 7.23. The molecule has 8 heteroatoms. The minimum atomic E-state index is -4.67. The number of nitrogens with two attached hydrogens (primary N) is 1. The van der Waals surface area contributed by atoms with Crippen molar-refractivity contribution in [3.8, 4) is 0 Å². The van der Waals surface area contributed by atoms with Gasteiger partial charge in [0.05, 0.1) is 0 Å². The normalized spacial score (nSPS) is 10.1. The van der Waals surface area contributed by atoms with E-state index in [1.807, 2.05) is 30.3 Å². The summed E-state index contributed by atoms with van der Waals surface area (Å²) in [6.45, 7) is 0. The van der Waals surface area contributed by atoms with E-state index in [4.69, 9.17) is 28.7 Å². The van der Waals surface area contributed by atoms with Crippen molar-refractivity contribution in [3.05, 3.63) is 35.9 Å². The van der Waals surface area contributed by atoms with Crippen molar-refractivity contribution >= 4 is 27.3 Å². The Morgan fingerprint density at radius 3 is 2.12 bits per heavy atom. The fourth-order valence-corrected chi connectivity index (χ4v) is 1.25. The van der Waals surface area contributed by atoms with E-state index >= 15 is 0 Å². The lowest BCUT2D eigenvalue weighted by molar-refractivity contribution is 0.381. The molecule has 0 heterocycles. The van der Waals surface area contributed by atoms with Crippen LogP contribution in [0.25, 0.3) is 0 Å². The fraction of sp³-hybridized carbons (Fsp3) is 0.125. The zero-order chi connectivity index (χ0) is 12.6. The monoisotopic (exact) mass is 264 g/mol. The highest BCUT2D eigenvalue weighted by molar-refractivity contribution is 8.13. The molecular weight excluding hydrogens is 252 g/mol. The van der Waals surface area contributed by atoms with Crippen LogP contribution in [0.1, 0.15) is 5.56 Å². The molecule has 5 N–H and O–H groups in total. The van der Waals surface area contributed by atoms with E-state index in [2.05, 4.69) is 0 Å². The minimum Gasteiger partial charge on any atom is -0.379 e. The first kappa shape index (κ1) is 14.9. The van der Waals surface area contributed by atoms with Crippen LogP contribution in [0.15, 0.2) is 30.3 Å². The molecule has 0 aliphatic heterocycles. The first-order chi connectivity index (χ1) is 7.29. The minimum absolute atomic E-state index is 0.175. The van der Waals surface area contributed by atoms with Crippen LogP contribution in [0.3, 0.4) is 0 Å². The van der Waals surface area contributed by atoms with Crippen molar-refractivity contribution in [2.24, 2.45) is 5.73 Å². The Labute approximate surface area is 97.9 Å². The van der Waals surface area contributed by atoms with Crippen LogP contribution in [-0.2, 0) is 16.2 Å². The maximum atomic E-state index is 8.74. The van der Waals surface area contributed by atoms with E-state index in [-0.39, 0.29) is 5.17 Å². The van der Waals surface area contributed by atoms with E-state index in [9.17, 15) is 0 Å². The molecule has 1 aromatic carbocycles. The fourth-order valence-electron chi connectivity index (χ4n) is 0.735. The van der Waals surface area contributed by atoms with Gasteiger partial charge in [0.15, 0.2) is 5.17 Å². The third kappa shape index (κ3) is 12.9. The summed E-state index contributed by atoms with van der Waals surface area (Å²) in [7, 11) is -4.67. The maximum absolute atomic E-state index is 8.74. The molecule has 0 saturated carbocycles. The van der Waals surface area contributed by atoms with Crippen LogP contribution in [0, 0.1) is 5.41 Å². The smallest absolute Gasteiger partial charge is 0.379 e. The van der Waals surface area contributed by atoms with Gasteiger partial charge in [-0.15, -0.1) is 0 Å². The Kier molecular flexibility index (Phi) is 6.74. The first-order valence-electron chi connectivity index (χ1n) is 3.99. The van der Waals surface area contributed by atoms with Crippen LogP contribution in [0.2, 0.25) is 0 Å². The predicted molar refractivity (Wildman–Crippen MR) is 63.8 cm³/mol. The standard InChI is InChI=1S/C8H10N2S.H2O4S/c9-8(10)11-6-7-4-2-1-3-5-7;1-5(2,3)4/h1-5H,6H2,(H3,9,10);(H2,1,2,3,4). The van der Waals surface area contributed by atoms with E-state index < -0.39 is 10.4 Å². The van der Waals surface area contributed by atoms with Crippen molar-refractivity contribution in [3.63, 3.8) is 0 Å². The molecule has 1 aromatic rings. The van der Waals surface area contributed by atoms with E-state index in [0.717, 1.165) is 5.75 Å². The van der Waals surface area contributed by atoms with Gasteiger partial charge in [-0.25, -0.2) is 0 Å². The van der Waals surface area contributed by atoms with Gasteiger partial charge in [0.25, 0.3) is 0 Å². The zero-order valence-electron chi connectivity index (χ0n) is 8.20. The summed E-state index contributed by atoms with van der Waals surface area (Å²) in [5.74, 6) is 0.788. The molecule has 0 radical (unpaired) electrons. The third-order valence-electron chi connectivity index (χ3n) is 1.24. The van der Waals surface area contributed by atoms with E-state index in [1.54, 1.807) is 0 Å². The summed E-state index contributed by atoms with van der Waals surface area (Å²) < 4.78 is 31.6. The highest BCUT2D eigenvalue weighted by atomic mass is 32.3. The first-order valence-corrected chi connectivity index (χ1v) is 6.38. The van der Waals surface area contributed by atoms with Crippen molar-refractivity contribution < 1.29 is 17.5 Å². The molecule has 16 heavy (non-hydrogen) atoms. The summed E-state index contributed by atoms with van der Waals surface area (Å²) >= 11 is 1.35. The molecule has 1 rings (SSSR count). The number of rotatable bonds is 2. The molecule has 6 nitrogen and oxygen atoms in total. The lowest BCUT2D eigenvalue weighted by atomic mass is 10.2. The second-order valence-electron chi connectivity index (χ2n) is 2.59. The number of amidine groups is 1. The van der Waals surface area contributed by atoms with Gasteiger partial charge in [0, 0.05) is 5.75 Å². The zero-order valence-corrected chi connectivity index (χ0v) is 9.83.